The smallest absolute Gasteiger partial charge is 0.137 e. The molecule has 0 radical (unpaired) electrons. The minimum absolute atomic E-state index is 0.310. The van der Waals surface area contributed by atoms with Crippen LogP contribution in [0.4, 0.5) is 0 Å². The molecule has 0 aromatic carbocycles. The number of aromatic nitrogens is 3. The number of aliphatic hydroxyl groups is 1. The molecular formula is C15H22N4OS. The fourth-order valence-corrected chi connectivity index (χ4v) is 3.80. The van der Waals surface area contributed by atoms with Gasteiger partial charge in [-0.05, 0) is 38.8 Å². The second-order valence-electron chi connectivity index (χ2n) is 5.82. The third-order valence-electron chi connectivity index (χ3n) is 4.41. The van der Waals surface area contributed by atoms with E-state index in [2.05, 4.69) is 21.8 Å². The normalized spacial score (nSPS) is 19.0. The van der Waals surface area contributed by atoms with Crippen molar-refractivity contribution >= 4 is 11.3 Å². The molecule has 1 N–H and O–H groups in total. The van der Waals surface area contributed by atoms with Crippen molar-refractivity contribution in [1.29, 1.82) is 0 Å². The molecule has 0 unspecified atom stereocenters. The fourth-order valence-electron chi connectivity index (χ4n) is 2.98. The topological polar surface area (TPSA) is 54.2 Å². The van der Waals surface area contributed by atoms with Gasteiger partial charge in [0.1, 0.15) is 11.9 Å². The molecule has 114 valence electrons. The second kappa shape index (κ2) is 6.25. The number of hydrogen-bond donors (Lipinski definition) is 1. The van der Waals surface area contributed by atoms with Crippen molar-refractivity contribution in [3.63, 3.8) is 0 Å². The lowest BCUT2D eigenvalue weighted by Crippen LogP contribution is -2.35. The van der Waals surface area contributed by atoms with E-state index in [1.54, 1.807) is 17.5 Å². The predicted octanol–water partition coefficient (Wildman–Crippen LogP) is 2.13. The Morgan fingerprint density at radius 3 is 2.71 bits per heavy atom. The van der Waals surface area contributed by atoms with Crippen molar-refractivity contribution in [1.82, 2.24) is 19.4 Å². The zero-order valence-electron chi connectivity index (χ0n) is 12.6. The summed E-state index contributed by atoms with van der Waals surface area (Å²) < 4.78 is 1.91. The number of imidazole rings is 1. The molecule has 21 heavy (non-hydrogen) atoms. The van der Waals surface area contributed by atoms with Crippen LogP contribution in [-0.4, -0.2) is 37.6 Å². The van der Waals surface area contributed by atoms with Crippen LogP contribution in [0.1, 0.15) is 35.3 Å². The van der Waals surface area contributed by atoms with Crippen LogP contribution in [0.2, 0.25) is 0 Å². The lowest BCUT2D eigenvalue weighted by molar-refractivity contribution is 0.0494. The third-order valence-corrected chi connectivity index (χ3v) is 5.33. The highest BCUT2D eigenvalue weighted by Gasteiger charge is 2.28. The van der Waals surface area contributed by atoms with Gasteiger partial charge in [-0.1, -0.05) is 0 Å². The van der Waals surface area contributed by atoms with Gasteiger partial charge in [-0.25, -0.2) is 9.97 Å². The van der Waals surface area contributed by atoms with Crippen LogP contribution in [0.15, 0.2) is 17.9 Å². The Morgan fingerprint density at radius 2 is 2.14 bits per heavy atom. The van der Waals surface area contributed by atoms with Gasteiger partial charge < -0.3 is 9.67 Å². The summed E-state index contributed by atoms with van der Waals surface area (Å²) in [4.78, 5) is 12.4. The van der Waals surface area contributed by atoms with Crippen LogP contribution >= 0.6 is 11.3 Å². The summed E-state index contributed by atoms with van der Waals surface area (Å²) in [5.41, 5.74) is 3.07. The van der Waals surface area contributed by atoms with Crippen LogP contribution in [-0.2, 0) is 13.6 Å². The first-order valence-corrected chi connectivity index (χ1v) is 8.29. The molecule has 1 fully saturated rings. The van der Waals surface area contributed by atoms with Crippen LogP contribution in [0.3, 0.4) is 0 Å². The summed E-state index contributed by atoms with van der Waals surface area (Å²) in [5.74, 6) is 1.09. The fraction of sp³-hybridized carbons (Fsp3) is 0.600. The van der Waals surface area contributed by atoms with Gasteiger partial charge in [0.2, 0.25) is 0 Å². The van der Waals surface area contributed by atoms with Crippen molar-refractivity contribution in [2.24, 2.45) is 13.0 Å². The quantitative estimate of drug-likeness (QED) is 0.940. The van der Waals surface area contributed by atoms with Crippen molar-refractivity contribution in [2.45, 2.75) is 32.4 Å². The van der Waals surface area contributed by atoms with Gasteiger partial charge in [-0.3, -0.25) is 4.90 Å². The summed E-state index contributed by atoms with van der Waals surface area (Å²) in [5, 5.41) is 10.5. The van der Waals surface area contributed by atoms with Crippen LogP contribution in [0.5, 0.6) is 0 Å². The van der Waals surface area contributed by atoms with E-state index < -0.39 is 6.10 Å². The standard InChI is InChI=1S/C15H22N4OS/c1-11-13(21-10-17-11)9-19-6-3-12(4-7-19)14(20)15-16-5-8-18(15)2/h5,8,10,12,14,20H,3-4,6-7,9H2,1-2H3/t14-/m1/s1. The Morgan fingerprint density at radius 1 is 1.38 bits per heavy atom. The van der Waals surface area contributed by atoms with E-state index in [0.29, 0.717) is 5.92 Å². The second-order valence-corrected chi connectivity index (χ2v) is 6.76. The molecule has 2 aromatic heterocycles. The molecular weight excluding hydrogens is 284 g/mol. The third kappa shape index (κ3) is 3.17. The van der Waals surface area contributed by atoms with E-state index >= 15 is 0 Å². The molecule has 5 nitrogen and oxygen atoms in total. The number of thiazole rings is 1. The van der Waals surface area contributed by atoms with Gasteiger partial charge in [-0.15, -0.1) is 11.3 Å². The highest BCUT2D eigenvalue weighted by atomic mass is 32.1. The SMILES string of the molecule is Cc1ncsc1CN1CCC([C@@H](O)c2nccn2C)CC1. The van der Waals surface area contributed by atoms with Crippen molar-refractivity contribution in [3.05, 3.63) is 34.3 Å². The molecule has 0 saturated carbocycles. The number of rotatable bonds is 4. The maximum absolute atomic E-state index is 10.5. The van der Waals surface area contributed by atoms with Gasteiger partial charge in [0.15, 0.2) is 0 Å². The van der Waals surface area contributed by atoms with E-state index in [1.165, 1.54) is 4.88 Å². The summed E-state index contributed by atoms with van der Waals surface area (Å²) in [6.07, 6.45) is 5.23. The first-order valence-electron chi connectivity index (χ1n) is 7.41. The zero-order chi connectivity index (χ0) is 14.8. The molecule has 1 atom stereocenters. The molecule has 0 amide bonds. The summed E-state index contributed by atoms with van der Waals surface area (Å²) in [6, 6.07) is 0. The van der Waals surface area contributed by atoms with Crippen LogP contribution < -0.4 is 0 Å². The Hall–Kier alpha value is -1.24. The number of aliphatic hydroxyl groups excluding tert-OH is 1. The highest BCUT2D eigenvalue weighted by molar-refractivity contribution is 7.09. The molecule has 1 saturated heterocycles. The molecule has 2 aromatic rings. The lowest BCUT2D eigenvalue weighted by atomic mass is 9.90. The van der Waals surface area contributed by atoms with Gasteiger partial charge in [0.25, 0.3) is 0 Å². The number of likely N-dealkylation sites (tertiary alicyclic amines) is 1. The highest BCUT2D eigenvalue weighted by Crippen LogP contribution is 2.30. The van der Waals surface area contributed by atoms with E-state index in [4.69, 9.17) is 0 Å². The Bertz CT molecular complexity index is 586. The number of hydrogen-bond acceptors (Lipinski definition) is 5. The van der Waals surface area contributed by atoms with Gasteiger partial charge in [0.05, 0.1) is 11.2 Å². The van der Waals surface area contributed by atoms with Crippen LogP contribution in [0, 0.1) is 12.8 Å². The number of nitrogens with zero attached hydrogens (tertiary/aromatic N) is 4. The number of aryl methyl sites for hydroxylation is 2. The number of piperidine rings is 1. The Labute approximate surface area is 129 Å². The molecule has 6 heteroatoms. The monoisotopic (exact) mass is 306 g/mol. The average Bonchev–Trinajstić information content (AvgIpc) is 3.08. The first kappa shape index (κ1) is 14.7. The van der Waals surface area contributed by atoms with Gasteiger partial charge in [0, 0.05) is 30.9 Å². The molecule has 3 rings (SSSR count). The largest absolute Gasteiger partial charge is 0.385 e. The first-order chi connectivity index (χ1) is 10.1. The van der Waals surface area contributed by atoms with E-state index in [0.717, 1.165) is 44.0 Å². The molecule has 1 aliphatic rings. The minimum atomic E-state index is -0.447. The zero-order valence-corrected chi connectivity index (χ0v) is 13.4. The Balaban J connectivity index is 1.55. The summed E-state index contributed by atoms with van der Waals surface area (Å²) in [6.45, 7) is 5.12. The summed E-state index contributed by atoms with van der Waals surface area (Å²) >= 11 is 1.73. The molecule has 0 bridgehead atoms. The summed E-state index contributed by atoms with van der Waals surface area (Å²) in [7, 11) is 1.94. The van der Waals surface area contributed by atoms with Gasteiger partial charge >= 0.3 is 0 Å². The van der Waals surface area contributed by atoms with Crippen molar-refractivity contribution in [3.8, 4) is 0 Å². The minimum Gasteiger partial charge on any atom is -0.385 e. The van der Waals surface area contributed by atoms with Crippen LogP contribution in [0.25, 0.3) is 0 Å². The molecule has 0 aliphatic carbocycles. The predicted molar refractivity (Wildman–Crippen MR) is 83.0 cm³/mol. The maximum atomic E-state index is 10.5. The van der Waals surface area contributed by atoms with E-state index in [1.807, 2.05) is 23.3 Å². The van der Waals surface area contributed by atoms with Crippen molar-refractivity contribution in [2.75, 3.05) is 13.1 Å². The van der Waals surface area contributed by atoms with Gasteiger partial charge in [-0.2, -0.15) is 0 Å². The Kier molecular flexibility index (Phi) is 4.37. The van der Waals surface area contributed by atoms with E-state index in [9.17, 15) is 5.11 Å². The van der Waals surface area contributed by atoms with E-state index in [-0.39, 0.29) is 0 Å². The maximum Gasteiger partial charge on any atom is 0.137 e. The molecule has 3 heterocycles. The average molecular weight is 306 g/mol. The van der Waals surface area contributed by atoms with Crippen molar-refractivity contribution < 1.29 is 5.11 Å². The molecule has 0 spiro atoms. The molecule has 1 aliphatic heterocycles. The lowest BCUT2D eigenvalue weighted by Gasteiger charge is -2.33.